The van der Waals surface area contributed by atoms with E-state index in [1.165, 1.54) is 24.3 Å². The topological polar surface area (TPSA) is 43.7 Å². The van der Waals surface area contributed by atoms with E-state index >= 15 is 0 Å². The lowest BCUT2D eigenvalue weighted by molar-refractivity contribution is -0.0619. The van der Waals surface area contributed by atoms with Gasteiger partial charge in [-0.15, -0.1) is 0 Å². The Bertz CT molecular complexity index is 631. The number of aromatic hydroxyl groups is 1. The van der Waals surface area contributed by atoms with E-state index in [1.54, 1.807) is 0 Å². The van der Waals surface area contributed by atoms with Crippen LogP contribution in [0, 0.1) is 5.92 Å². The molecule has 1 aliphatic carbocycles. The summed E-state index contributed by atoms with van der Waals surface area (Å²) in [4.78, 5) is 0.347. The van der Waals surface area contributed by atoms with Crippen molar-refractivity contribution in [3.63, 3.8) is 0 Å². The lowest BCUT2D eigenvalue weighted by atomic mass is 9.71. The Hall–Kier alpha value is -1.06. The summed E-state index contributed by atoms with van der Waals surface area (Å²) in [5.74, 6) is -1.14. The molecule has 3 heteroatoms. The first-order chi connectivity index (χ1) is 11.7. The van der Waals surface area contributed by atoms with Gasteiger partial charge in [0, 0.05) is 23.4 Å². The zero-order chi connectivity index (χ0) is 20.0. The van der Waals surface area contributed by atoms with E-state index in [4.69, 9.17) is 11.0 Å². The molecule has 0 aliphatic heterocycles. The fourth-order valence-corrected chi connectivity index (χ4v) is 2.51. The third kappa shape index (κ3) is 2.68. The molecule has 1 aromatic rings. The summed E-state index contributed by atoms with van der Waals surface area (Å²) in [7, 11) is 0. The maximum atomic E-state index is 11.4. The van der Waals surface area contributed by atoms with Gasteiger partial charge in [-0.05, 0) is 44.4 Å². The summed E-state index contributed by atoms with van der Waals surface area (Å²) in [5, 5.41) is 21.1. The highest BCUT2D eigenvalue weighted by molar-refractivity contribution is 5.32. The maximum Gasteiger partial charge on any atom is 0.115 e. The van der Waals surface area contributed by atoms with E-state index in [2.05, 4.69) is 0 Å². The van der Waals surface area contributed by atoms with E-state index in [0.717, 1.165) is 0 Å². The molecule has 0 unspecified atom stereocenters. The van der Waals surface area contributed by atoms with Crippen molar-refractivity contribution in [1.82, 2.24) is 4.90 Å². The third-order valence-corrected chi connectivity index (χ3v) is 3.40. The van der Waals surface area contributed by atoms with Crippen LogP contribution in [0.15, 0.2) is 24.3 Å². The van der Waals surface area contributed by atoms with Crippen molar-refractivity contribution < 1.29 is 21.2 Å². The van der Waals surface area contributed by atoms with Gasteiger partial charge in [0.25, 0.3) is 0 Å². The summed E-state index contributed by atoms with van der Waals surface area (Å²) in [6, 6.07) is 5.50. The molecule has 0 saturated heterocycles. The van der Waals surface area contributed by atoms with Gasteiger partial charge in [-0.1, -0.05) is 25.0 Å². The number of phenolic OH excluding ortho intramolecular Hbond substituents is 1. The Morgan fingerprint density at radius 2 is 2.33 bits per heavy atom. The largest absolute Gasteiger partial charge is 0.508 e. The molecule has 2 atom stereocenters. The van der Waals surface area contributed by atoms with Gasteiger partial charge in [0.15, 0.2) is 0 Å². The highest BCUT2D eigenvalue weighted by Crippen LogP contribution is 2.42. The van der Waals surface area contributed by atoms with Crippen LogP contribution in [0.3, 0.4) is 0 Å². The molecule has 0 radical (unpaired) electrons. The number of nitrogens with zero attached hydrogens (tertiary/aromatic N) is 1. The number of hydrogen-bond donors (Lipinski definition) is 2. The van der Waals surface area contributed by atoms with Crippen molar-refractivity contribution >= 4 is 0 Å². The normalized spacial score (nSPS) is 39.3. The van der Waals surface area contributed by atoms with Crippen molar-refractivity contribution in [3.05, 3.63) is 29.8 Å². The number of hydrogen-bond acceptors (Lipinski definition) is 3. The molecule has 100 valence electrons. The summed E-state index contributed by atoms with van der Waals surface area (Å²) >= 11 is 0. The van der Waals surface area contributed by atoms with E-state index < -0.39 is 38.4 Å². The zero-order valence-corrected chi connectivity index (χ0v) is 10.1. The number of benzene rings is 1. The molecule has 1 aromatic carbocycles. The van der Waals surface area contributed by atoms with Gasteiger partial charge < -0.3 is 15.1 Å². The summed E-state index contributed by atoms with van der Waals surface area (Å²) in [5.41, 5.74) is -2.03. The van der Waals surface area contributed by atoms with Crippen LogP contribution in [0.2, 0.25) is 0 Å². The Morgan fingerprint density at radius 3 is 3.06 bits per heavy atom. The van der Waals surface area contributed by atoms with E-state index in [1.807, 2.05) is 0 Å². The van der Waals surface area contributed by atoms with Crippen LogP contribution in [0.1, 0.15) is 42.2 Å². The molecule has 2 N–H and O–H groups in total. The second-order valence-corrected chi connectivity index (χ2v) is 4.69. The van der Waals surface area contributed by atoms with Gasteiger partial charge in [0.2, 0.25) is 0 Å². The van der Waals surface area contributed by atoms with Crippen molar-refractivity contribution in [2.75, 3.05) is 20.5 Å². The summed E-state index contributed by atoms with van der Waals surface area (Å²) in [6.45, 7) is -6.37. The molecule has 1 saturated carbocycles. The molecule has 0 aromatic heterocycles. The molecule has 2 rings (SSSR count). The van der Waals surface area contributed by atoms with Crippen LogP contribution >= 0.6 is 0 Å². The number of rotatable bonds is 3. The van der Waals surface area contributed by atoms with Crippen LogP contribution in [0.5, 0.6) is 5.75 Å². The van der Waals surface area contributed by atoms with Gasteiger partial charge in [-0.3, -0.25) is 0 Å². The first-order valence-electron chi connectivity index (χ1n) is 9.99. The standard InChI is InChI=1S/C15H23NO2/c1-16(2)11-13-6-3-4-9-15(13,18)12-7-5-8-14(17)10-12/h5,7-8,10,13,17-18H,3-4,6,9,11H2,1-2H3/t13-,15+/m0/s1/i1D3,2D3,9D2. The highest BCUT2D eigenvalue weighted by Gasteiger charge is 2.40. The van der Waals surface area contributed by atoms with Crippen molar-refractivity contribution in [2.24, 2.45) is 5.92 Å². The minimum absolute atomic E-state index is 0.0389. The van der Waals surface area contributed by atoms with Crippen molar-refractivity contribution in [3.8, 4) is 5.75 Å². The molecule has 3 nitrogen and oxygen atoms in total. The molecular weight excluding hydrogens is 226 g/mol. The SMILES string of the molecule is [2H]C([2H])([2H])N(C[C@@H]1CCCC([2H])([2H])[C@@]1(O)c1cccc(O)c1)C([2H])([2H])[2H]. The van der Waals surface area contributed by atoms with Gasteiger partial charge in [-0.2, -0.15) is 0 Å². The first-order valence-corrected chi connectivity index (χ1v) is 5.99. The number of aliphatic hydroxyl groups is 1. The van der Waals surface area contributed by atoms with Crippen LogP contribution in [-0.4, -0.2) is 35.6 Å². The van der Waals surface area contributed by atoms with Crippen LogP contribution < -0.4 is 0 Å². The molecule has 0 bridgehead atoms. The fraction of sp³-hybridized carbons (Fsp3) is 0.600. The monoisotopic (exact) mass is 257 g/mol. The molecular formula is C15H23NO2. The van der Waals surface area contributed by atoms with E-state index in [-0.39, 0.29) is 24.2 Å². The fourth-order valence-electron chi connectivity index (χ4n) is 2.51. The molecule has 0 heterocycles. The molecule has 1 aliphatic rings. The maximum absolute atomic E-state index is 11.4. The van der Waals surface area contributed by atoms with Crippen molar-refractivity contribution in [1.29, 1.82) is 0 Å². The Kier molecular flexibility index (Phi) is 1.88. The quantitative estimate of drug-likeness (QED) is 0.873. The molecule has 0 amide bonds. The average molecular weight is 257 g/mol. The smallest absolute Gasteiger partial charge is 0.115 e. The van der Waals surface area contributed by atoms with Gasteiger partial charge >= 0.3 is 0 Å². The second kappa shape index (κ2) is 5.29. The Morgan fingerprint density at radius 1 is 1.50 bits per heavy atom. The lowest BCUT2D eigenvalue weighted by Gasteiger charge is -2.41. The Labute approximate surface area is 120 Å². The zero-order valence-electron chi connectivity index (χ0n) is 18.1. The minimum atomic E-state index is -2.92. The van der Waals surface area contributed by atoms with Crippen LogP contribution in [0.4, 0.5) is 0 Å². The van der Waals surface area contributed by atoms with Crippen LogP contribution in [0.25, 0.3) is 0 Å². The third-order valence-electron chi connectivity index (χ3n) is 3.40. The first kappa shape index (κ1) is 6.40. The summed E-state index contributed by atoms with van der Waals surface area (Å²) < 4.78 is 61.7. The highest BCUT2D eigenvalue weighted by atomic mass is 16.3. The molecule has 1 fully saturated rings. The predicted molar refractivity (Wildman–Crippen MR) is 72.5 cm³/mol. The number of phenols is 1. The average Bonchev–Trinajstić information content (AvgIpc) is 2.46. The van der Waals surface area contributed by atoms with E-state index in [0.29, 0.717) is 11.3 Å². The minimum Gasteiger partial charge on any atom is -0.508 e. The Balaban J connectivity index is 2.51. The van der Waals surface area contributed by atoms with Gasteiger partial charge in [0.05, 0.1) is 5.60 Å². The van der Waals surface area contributed by atoms with Crippen molar-refractivity contribution in [2.45, 2.75) is 31.2 Å². The summed E-state index contributed by atoms with van der Waals surface area (Å²) in [6.07, 6.45) is -1.43. The van der Waals surface area contributed by atoms with Gasteiger partial charge in [-0.25, -0.2) is 0 Å². The molecule has 18 heavy (non-hydrogen) atoms. The second-order valence-electron chi connectivity index (χ2n) is 4.69. The lowest BCUT2D eigenvalue weighted by Crippen LogP contribution is -2.43. The van der Waals surface area contributed by atoms with E-state index in [9.17, 15) is 10.2 Å². The van der Waals surface area contributed by atoms with Gasteiger partial charge in [0.1, 0.15) is 5.75 Å². The molecule has 0 spiro atoms. The predicted octanol–water partition coefficient (Wildman–Crippen LogP) is 2.33. The van der Waals surface area contributed by atoms with Crippen LogP contribution in [-0.2, 0) is 5.60 Å².